The maximum atomic E-state index is 11.8. The lowest BCUT2D eigenvalue weighted by Gasteiger charge is -2.16. The number of aliphatic hydroxyl groups excluding tert-OH is 3. The number of ether oxygens (including phenoxy) is 2. The summed E-state index contributed by atoms with van der Waals surface area (Å²) in [5, 5.41) is 28.8. The van der Waals surface area contributed by atoms with Gasteiger partial charge in [-0.25, -0.2) is 19.7 Å². The van der Waals surface area contributed by atoms with E-state index >= 15 is 0 Å². The number of aromatic nitrogens is 4. The maximum absolute atomic E-state index is 11.8. The number of imidazole rings is 1. The largest absolute Gasteiger partial charge is 0.461 e. The molecule has 11 heteroatoms. The van der Waals surface area contributed by atoms with E-state index < -0.39 is 30.5 Å². The summed E-state index contributed by atoms with van der Waals surface area (Å²) in [6.07, 6.45) is -2.86. The van der Waals surface area contributed by atoms with Crippen LogP contribution in [0.3, 0.4) is 0 Å². The molecule has 124 valence electrons. The predicted molar refractivity (Wildman–Crippen MR) is 73.7 cm³/mol. The minimum atomic E-state index is -1.50. The van der Waals surface area contributed by atoms with E-state index in [0.29, 0.717) is 5.52 Å². The van der Waals surface area contributed by atoms with Crippen LogP contribution in [0.4, 0.5) is 5.82 Å². The van der Waals surface area contributed by atoms with Gasteiger partial charge in [0.25, 0.3) is 0 Å². The highest BCUT2D eigenvalue weighted by Gasteiger charge is 2.48. The van der Waals surface area contributed by atoms with Crippen molar-refractivity contribution in [3.8, 4) is 0 Å². The highest BCUT2D eigenvalue weighted by atomic mass is 16.6. The van der Waals surface area contributed by atoms with Crippen molar-refractivity contribution < 1.29 is 29.6 Å². The van der Waals surface area contributed by atoms with E-state index in [9.17, 15) is 15.0 Å². The number of carbonyl (C=O) groups is 1. The van der Waals surface area contributed by atoms with Gasteiger partial charge in [-0.05, 0) is 0 Å². The highest BCUT2D eigenvalue weighted by Crippen LogP contribution is 2.32. The molecular formula is C12H15N5O6. The summed E-state index contributed by atoms with van der Waals surface area (Å²) < 4.78 is 11.5. The molecule has 3 heterocycles. The second kappa shape index (κ2) is 6.04. The van der Waals surface area contributed by atoms with E-state index in [1.165, 1.54) is 17.2 Å². The lowest BCUT2D eigenvalue weighted by Crippen LogP contribution is -2.37. The van der Waals surface area contributed by atoms with Gasteiger partial charge in [-0.3, -0.25) is 4.57 Å². The van der Waals surface area contributed by atoms with Crippen molar-refractivity contribution in [1.29, 1.82) is 0 Å². The third-order valence-corrected chi connectivity index (χ3v) is 3.47. The van der Waals surface area contributed by atoms with Crippen LogP contribution in [0.25, 0.3) is 11.2 Å². The Morgan fingerprint density at radius 1 is 1.35 bits per heavy atom. The molecule has 2 aromatic rings. The van der Waals surface area contributed by atoms with E-state index in [1.54, 1.807) is 0 Å². The standard InChI is InChI=1S/C12H15N5O6/c13-9-5-10(15-3-14-9)17(4-16-5)11-7(20)6(19)8(23-11)12(21)22-2-1-18/h3-4,6-8,11,18-20H,1-2H2,(H2,13,14,15)/t6-,7+,8-,11+/m1/s1. The highest BCUT2D eigenvalue weighted by molar-refractivity contribution is 5.81. The van der Waals surface area contributed by atoms with Crippen molar-refractivity contribution in [3.05, 3.63) is 12.7 Å². The number of carbonyl (C=O) groups excluding carboxylic acids is 1. The average molecular weight is 325 g/mol. The van der Waals surface area contributed by atoms with Crippen LogP contribution in [0.5, 0.6) is 0 Å². The molecule has 0 amide bonds. The quantitative estimate of drug-likeness (QED) is 0.444. The SMILES string of the molecule is Nc1ncnc2c1ncn2[C@H]1O[C@@H](C(=O)OCCO)[C@H](O)[C@@H]1O. The van der Waals surface area contributed by atoms with Crippen molar-refractivity contribution >= 4 is 23.0 Å². The minimum absolute atomic E-state index is 0.153. The number of aliphatic hydroxyl groups is 3. The van der Waals surface area contributed by atoms with Gasteiger partial charge >= 0.3 is 5.97 Å². The Morgan fingerprint density at radius 3 is 2.87 bits per heavy atom. The molecule has 3 rings (SSSR count). The maximum Gasteiger partial charge on any atom is 0.338 e. The third-order valence-electron chi connectivity index (χ3n) is 3.47. The Bertz CT molecular complexity index is 721. The van der Waals surface area contributed by atoms with Gasteiger partial charge in [0.15, 0.2) is 23.8 Å². The second-order valence-corrected chi connectivity index (χ2v) is 4.90. The van der Waals surface area contributed by atoms with E-state index in [4.69, 9.17) is 20.3 Å². The molecule has 0 bridgehead atoms. The van der Waals surface area contributed by atoms with Gasteiger partial charge in [0, 0.05) is 0 Å². The molecule has 4 atom stereocenters. The summed E-state index contributed by atoms with van der Waals surface area (Å²) in [7, 11) is 0. The molecule has 0 spiro atoms. The fourth-order valence-corrected chi connectivity index (χ4v) is 2.37. The van der Waals surface area contributed by atoms with Crippen molar-refractivity contribution in [1.82, 2.24) is 19.5 Å². The molecule has 1 saturated heterocycles. The first kappa shape index (κ1) is 15.6. The zero-order valence-electron chi connectivity index (χ0n) is 11.8. The number of nitrogen functional groups attached to an aromatic ring is 1. The van der Waals surface area contributed by atoms with Crippen LogP contribution in [0.15, 0.2) is 12.7 Å². The molecule has 23 heavy (non-hydrogen) atoms. The van der Waals surface area contributed by atoms with Gasteiger partial charge in [0.2, 0.25) is 0 Å². The molecule has 1 aliphatic rings. The van der Waals surface area contributed by atoms with Gasteiger partial charge < -0.3 is 30.5 Å². The summed E-state index contributed by atoms with van der Waals surface area (Å²) in [4.78, 5) is 23.6. The molecule has 0 saturated carbocycles. The first-order valence-corrected chi connectivity index (χ1v) is 6.76. The number of hydrogen-bond acceptors (Lipinski definition) is 10. The monoisotopic (exact) mass is 325 g/mol. The number of anilines is 1. The molecular weight excluding hydrogens is 310 g/mol. The van der Waals surface area contributed by atoms with E-state index in [0.717, 1.165) is 0 Å². The molecule has 1 fully saturated rings. The van der Waals surface area contributed by atoms with Gasteiger partial charge in [-0.1, -0.05) is 0 Å². The number of rotatable bonds is 4. The first-order chi connectivity index (χ1) is 11.0. The summed E-state index contributed by atoms with van der Waals surface area (Å²) in [5.74, 6) is -0.729. The Hall–Kier alpha value is -2.34. The van der Waals surface area contributed by atoms with Crippen molar-refractivity contribution in [2.75, 3.05) is 18.9 Å². The van der Waals surface area contributed by atoms with Crippen LogP contribution in [0.2, 0.25) is 0 Å². The number of esters is 1. The van der Waals surface area contributed by atoms with Gasteiger partial charge in [-0.15, -0.1) is 0 Å². The summed E-state index contributed by atoms with van der Waals surface area (Å²) in [6.45, 7) is -0.590. The molecule has 5 N–H and O–H groups in total. The number of nitrogens with two attached hydrogens (primary N) is 1. The van der Waals surface area contributed by atoms with Gasteiger partial charge in [-0.2, -0.15) is 0 Å². The lowest BCUT2D eigenvalue weighted by atomic mass is 10.1. The Morgan fingerprint density at radius 2 is 2.13 bits per heavy atom. The topological polar surface area (TPSA) is 166 Å². The number of fused-ring (bicyclic) bond motifs is 1. The van der Waals surface area contributed by atoms with Crippen molar-refractivity contribution in [2.45, 2.75) is 24.5 Å². The molecule has 0 radical (unpaired) electrons. The van der Waals surface area contributed by atoms with E-state index in [2.05, 4.69) is 15.0 Å². The van der Waals surface area contributed by atoms with Crippen LogP contribution in [0, 0.1) is 0 Å². The van der Waals surface area contributed by atoms with Crippen LogP contribution >= 0.6 is 0 Å². The van der Waals surface area contributed by atoms with Gasteiger partial charge in [0.1, 0.15) is 30.7 Å². The zero-order chi connectivity index (χ0) is 16.6. The predicted octanol–water partition coefficient (Wildman–Crippen LogP) is -2.44. The molecule has 2 aromatic heterocycles. The summed E-state index contributed by atoms with van der Waals surface area (Å²) in [6, 6.07) is 0. The fraction of sp³-hybridized carbons (Fsp3) is 0.500. The minimum Gasteiger partial charge on any atom is -0.461 e. The molecule has 0 unspecified atom stereocenters. The van der Waals surface area contributed by atoms with Crippen LogP contribution in [-0.4, -0.2) is 72.3 Å². The first-order valence-electron chi connectivity index (χ1n) is 6.76. The van der Waals surface area contributed by atoms with E-state index in [1.807, 2.05) is 0 Å². The Kier molecular flexibility index (Phi) is 4.09. The average Bonchev–Trinajstić information content (AvgIpc) is 3.09. The normalized spacial score (nSPS) is 27.4. The lowest BCUT2D eigenvalue weighted by molar-refractivity contribution is -0.162. The zero-order valence-corrected chi connectivity index (χ0v) is 11.8. The summed E-state index contributed by atoms with van der Waals surface area (Å²) >= 11 is 0. The molecule has 1 aliphatic heterocycles. The number of nitrogens with zero attached hydrogens (tertiary/aromatic N) is 4. The van der Waals surface area contributed by atoms with Gasteiger partial charge in [0.05, 0.1) is 12.9 Å². The summed E-state index contributed by atoms with van der Waals surface area (Å²) in [5.41, 5.74) is 6.28. The van der Waals surface area contributed by atoms with Crippen molar-refractivity contribution in [3.63, 3.8) is 0 Å². The van der Waals surface area contributed by atoms with Crippen molar-refractivity contribution in [2.24, 2.45) is 0 Å². The van der Waals surface area contributed by atoms with Crippen LogP contribution in [0.1, 0.15) is 6.23 Å². The van der Waals surface area contributed by atoms with E-state index in [-0.39, 0.29) is 24.7 Å². The molecule has 0 aromatic carbocycles. The number of hydrogen-bond donors (Lipinski definition) is 4. The third kappa shape index (κ3) is 2.59. The smallest absolute Gasteiger partial charge is 0.338 e. The Balaban J connectivity index is 1.88. The molecule has 0 aliphatic carbocycles. The van der Waals surface area contributed by atoms with Crippen LogP contribution < -0.4 is 5.73 Å². The second-order valence-electron chi connectivity index (χ2n) is 4.90. The van der Waals surface area contributed by atoms with Crippen LogP contribution in [-0.2, 0) is 14.3 Å². The fourth-order valence-electron chi connectivity index (χ4n) is 2.37. The molecule has 11 nitrogen and oxygen atoms in total. The Labute approximate surface area is 129 Å².